The first-order valence-corrected chi connectivity index (χ1v) is 5.62. The molecular weight excluding hydrogens is 146 g/mol. The lowest BCUT2D eigenvalue weighted by Crippen LogP contribution is -2.56. The van der Waals surface area contributed by atoms with Crippen molar-refractivity contribution in [1.82, 2.24) is 4.90 Å². The molecule has 4 rings (SSSR count). The fraction of sp³-hybridized carbons (Fsp3) is 1.00. The van der Waals surface area contributed by atoms with Gasteiger partial charge in [-0.2, -0.15) is 0 Å². The van der Waals surface area contributed by atoms with E-state index in [1.54, 1.807) is 6.42 Å². The first kappa shape index (κ1) is 7.37. The van der Waals surface area contributed by atoms with Crippen LogP contribution in [0.3, 0.4) is 0 Å². The maximum absolute atomic E-state index is 2.80. The lowest BCUT2D eigenvalue weighted by molar-refractivity contribution is -0.0308. The minimum absolute atomic E-state index is 0.906. The Kier molecular flexibility index (Phi) is 1.52. The van der Waals surface area contributed by atoms with Gasteiger partial charge >= 0.3 is 0 Å². The zero-order chi connectivity index (χ0) is 8.13. The Balaban J connectivity index is 1.90. The molecule has 4 fully saturated rings. The standard InChI is InChI=1S/C11H19N/c1-8-7-9-5-6-12(8)11-4-2-3-10(9)11/h8-11H,2-7H2,1H3. The van der Waals surface area contributed by atoms with Gasteiger partial charge in [0, 0.05) is 12.1 Å². The molecule has 1 aliphatic carbocycles. The molecule has 0 N–H and O–H groups in total. The third kappa shape index (κ3) is 0.834. The fourth-order valence-electron chi connectivity index (χ4n) is 4.04. The number of hydrogen-bond acceptors (Lipinski definition) is 1. The second kappa shape index (κ2) is 2.47. The molecule has 5 atom stereocenters. The Morgan fingerprint density at radius 3 is 2.92 bits per heavy atom. The van der Waals surface area contributed by atoms with Gasteiger partial charge in [0.2, 0.25) is 0 Å². The largest absolute Gasteiger partial charge is 0.297 e. The molecule has 12 heavy (non-hydrogen) atoms. The van der Waals surface area contributed by atoms with Gasteiger partial charge in [-0.25, -0.2) is 0 Å². The molecule has 1 saturated carbocycles. The second-order valence-corrected chi connectivity index (χ2v) is 5.03. The molecule has 0 amide bonds. The van der Waals surface area contributed by atoms with Gasteiger partial charge in [-0.15, -0.1) is 0 Å². The van der Waals surface area contributed by atoms with Gasteiger partial charge < -0.3 is 0 Å². The van der Waals surface area contributed by atoms with Crippen LogP contribution in [0.1, 0.15) is 39.0 Å². The lowest BCUT2D eigenvalue weighted by Gasteiger charge is -2.52. The van der Waals surface area contributed by atoms with E-state index in [2.05, 4.69) is 11.8 Å². The van der Waals surface area contributed by atoms with Crippen molar-refractivity contribution >= 4 is 0 Å². The molecule has 3 saturated heterocycles. The van der Waals surface area contributed by atoms with Crippen LogP contribution in [-0.4, -0.2) is 23.5 Å². The van der Waals surface area contributed by atoms with Crippen LogP contribution in [-0.2, 0) is 0 Å². The lowest BCUT2D eigenvalue weighted by atomic mass is 9.73. The van der Waals surface area contributed by atoms with E-state index in [4.69, 9.17) is 0 Å². The normalized spacial score (nSPS) is 57.2. The van der Waals surface area contributed by atoms with E-state index in [0.717, 1.165) is 23.9 Å². The Morgan fingerprint density at radius 2 is 2.08 bits per heavy atom. The van der Waals surface area contributed by atoms with Gasteiger partial charge in [-0.3, -0.25) is 4.90 Å². The van der Waals surface area contributed by atoms with Crippen molar-refractivity contribution in [1.29, 1.82) is 0 Å². The first-order valence-electron chi connectivity index (χ1n) is 5.62. The summed E-state index contributed by atoms with van der Waals surface area (Å²) in [6, 6.07) is 1.91. The number of hydrogen-bond donors (Lipinski definition) is 0. The predicted molar refractivity (Wildman–Crippen MR) is 50.0 cm³/mol. The van der Waals surface area contributed by atoms with E-state index in [9.17, 15) is 0 Å². The average molecular weight is 165 g/mol. The van der Waals surface area contributed by atoms with Crippen molar-refractivity contribution in [3.8, 4) is 0 Å². The Labute approximate surface area is 75.1 Å². The Bertz CT molecular complexity index is 189. The van der Waals surface area contributed by atoms with Crippen molar-refractivity contribution in [2.45, 2.75) is 51.1 Å². The summed E-state index contributed by atoms with van der Waals surface area (Å²) in [4.78, 5) is 2.80. The van der Waals surface area contributed by atoms with E-state index >= 15 is 0 Å². The summed E-state index contributed by atoms with van der Waals surface area (Å²) in [6.45, 7) is 3.84. The van der Waals surface area contributed by atoms with Gasteiger partial charge in [0.1, 0.15) is 0 Å². The molecule has 0 radical (unpaired) electrons. The summed E-state index contributed by atoms with van der Waals surface area (Å²) >= 11 is 0. The van der Waals surface area contributed by atoms with Gasteiger partial charge in [0.25, 0.3) is 0 Å². The third-order valence-corrected chi connectivity index (χ3v) is 4.53. The van der Waals surface area contributed by atoms with Gasteiger partial charge in [0.05, 0.1) is 0 Å². The molecular formula is C11H19N. The summed E-state index contributed by atoms with van der Waals surface area (Å²) in [5.41, 5.74) is 0. The van der Waals surface area contributed by atoms with Crippen LogP contribution in [0.5, 0.6) is 0 Å². The minimum atomic E-state index is 0.906. The van der Waals surface area contributed by atoms with Crippen molar-refractivity contribution < 1.29 is 0 Å². The van der Waals surface area contributed by atoms with Crippen LogP contribution in [0, 0.1) is 11.8 Å². The monoisotopic (exact) mass is 165 g/mol. The smallest absolute Gasteiger partial charge is 0.0129 e. The highest BCUT2D eigenvalue weighted by Crippen LogP contribution is 2.47. The quantitative estimate of drug-likeness (QED) is 0.532. The predicted octanol–water partition coefficient (Wildman–Crippen LogP) is 2.27. The Morgan fingerprint density at radius 1 is 1.17 bits per heavy atom. The molecule has 4 aliphatic rings. The summed E-state index contributed by atoms with van der Waals surface area (Å²) in [5.74, 6) is 2.22. The zero-order valence-corrected chi connectivity index (χ0v) is 8.00. The van der Waals surface area contributed by atoms with Crippen LogP contribution in [0.4, 0.5) is 0 Å². The molecule has 5 unspecified atom stereocenters. The maximum Gasteiger partial charge on any atom is 0.0129 e. The van der Waals surface area contributed by atoms with E-state index < -0.39 is 0 Å². The van der Waals surface area contributed by atoms with Gasteiger partial charge in [0.15, 0.2) is 0 Å². The molecule has 0 aromatic rings. The topological polar surface area (TPSA) is 3.24 Å². The molecule has 0 spiro atoms. The summed E-state index contributed by atoms with van der Waals surface area (Å²) in [6.07, 6.45) is 7.56. The summed E-state index contributed by atoms with van der Waals surface area (Å²) < 4.78 is 0. The third-order valence-electron chi connectivity index (χ3n) is 4.53. The maximum atomic E-state index is 2.80. The first-order chi connectivity index (χ1) is 5.86. The van der Waals surface area contributed by atoms with E-state index in [0.29, 0.717) is 0 Å². The zero-order valence-electron chi connectivity index (χ0n) is 8.00. The average Bonchev–Trinajstić information content (AvgIpc) is 2.53. The SMILES string of the molecule is CC1CC2CCN1C1CCCC21. The van der Waals surface area contributed by atoms with Crippen molar-refractivity contribution in [2.24, 2.45) is 11.8 Å². The number of rotatable bonds is 0. The molecule has 1 nitrogen and oxygen atoms in total. The van der Waals surface area contributed by atoms with Crippen LogP contribution in [0.25, 0.3) is 0 Å². The molecule has 0 aromatic carbocycles. The fourth-order valence-corrected chi connectivity index (χ4v) is 4.04. The van der Waals surface area contributed by atoms with E-state index in [-0.39, 0.29) is 0 Å². The van der Waals surface area contributed by atoms with E-state index in [1.807, 2.05) is 0 Å². The van der Waals surface area contributed by atoms with Crippen LogP contribution in [0.2, 0.25) is 0 Å². The summed E-state index contributed by atoms with van der Waals surface area (Å²) in [7, 11) is 0. The van der Waals surface area contributed by atoms with Crippen molar-refractivity contribution in [3.63, 3.8) is 0 Å². The van der Waals surface area contributed by atoms with Crippen LogP contribution >= 0.6 is 0 Å². The molecule has 3 aliphatic heterocycles. The molecule has 3 heterocycles. The van der Waals surface area contributed by atoms with Crippen LogP contribution in [0.15, 0.2) is 0 Å². The Hall–Kier alpha value is -0.0400. The second-order valence-electron chi connectivity index (χ2n) is 5.03. The molecule has 1 heteroatoms. The van der Waals surface area contributed by atoms with Crippen molar-refractivity contribution in [3.05, 3.63) is 0 Å². The molecule has 2 bridgehead atoms. The molecule has 0 aromatic heterocycles. The number of nitrogens with zero attached hydrogens (tertiary/aromatic N) is 1. The summed E-state index contributed by atoms with van der Waals surface area (Å²) in [5, 5.41) is 0. The highest BCUT2D eigenvalue weighted by atomic mass is 15.2. The highest BCUT2D eigenvalue weighted by molar-refractivity contribution is 5.00. The van der Waals surface area contributed by atoms with E-state index in [1.165, 1.54) is 32.2 Å². The highest BCUT2D eigenvalue weighted by Gasteiger charge is 2.46. The van der Waals surface area contributed by atoms with Crippen LogP contribution < -0.4 is 0 Å². The van der Waals surface area contributed by atoms with Crippen molar-refractivity contribution in [2.75, 3.05) is 6.54 Å². The van der Waals surface area contributed by atoms with Gasteiger partial charge in [-0.05, 0) is 51.0 Å². The number of piperidine rings is 3. The van der Waals surface area contributed by atoms with Gasteiger partial charge in [-0.1, -0.05) is 6.42 Å². The molecule has 68 valence electrons. The minimum Gasteiger partial charge on any atom is -0.297 e. The number of fused-ring (bicyclic) bond motifs is 2.